The molecule has 0 aliphatic carbocycles. The molecular weight excluding hydrogens is 371 g/mol. The van der Waals surface area contributed by atoms with Gasteiger partial charge >= 0.3 is 0 Å². The summed E-state index contributed by atoms with van der Waals surface area (Å²) >= 11 is 0. The molecule has 1 N–H and O–H groups in total. The first-order chi connectivity index (χ1) is 12.6. The molecule has 1 atom stereocenters. The summed E-state index contributed by atoms with van der Waals surface area (Å²) in [6.07, 6.45) is 1.09. The Bertz CT molecular complexity index is 1020. The van der Waals surface area contributed by atoms with Crippen LogP contribution in [-0.2, 0) is 19.4 Å². The number of halogens is 1. The molecule has 27 heavy (non-hydrogen) atoms. The maximum absolute atomic E-state index is 13.8. The molecule has 0 radical (unpaired) electrons. The van der Waals surface area contributed by atoms with E-state index in [1.165, 1.54) is 29.2 Å². The predicted molar refractivity (Wildman–Crippen MR) is 99.8 cm³/mol. The number of carbonyl (C=O) groups is 2. The number of amides is 2. The molecule has 1 saturated heterocycles. The highest BCUT2D eigenvalue weighted by Gasteiger charge is 2.35. The second kappa shape index (κ2) is 7.11. The summed E-state index contributed by atoms with van der Waals surface area (Å²) in [5.74, 6) is -1.66. The second-order valence-corrected chi connectivity index (χ2v) is 8.64. The molecule has 8 heteroatoms. The normalized spacial score (nSPS) is 17.2. The maximum atomic E-state index is 13.8. The van der Waals surface area contributed by atoms with Crippen LogP contribution in [0.1, 0.15) is 12.0 Å². The van der Waals surface area contributed by atoms with Gasteiger partial charge in [0.1, 0.15) is 5.82 Å². The van der Waals surface area contributed by atoms with E-state index >= 15 is 0 Å². The van der Waals surface area contributed by atoms with Crippen LogP contribution in [0, 0.1) is 18.7 Å². The Labute approximate surface area is 156 Å². The van der Waals surface area contributed by atoms with E-state index in [0.717, 1.165) is 6.26 Å². The van der Waals surface area contributed by atoms with Crippen molar-refractivity contribution in [2.75, 3.05) is 23.0 Å². The third kappa shape index (κ3) is 4.16. The minimum Gasteiger partial charge on any atom is -0.326 e. The van der Waals surface area contributed by atoms with Gasteiger partial charge in [-0.2, -0.15) is 0 Å². The molecule has 0 bridgehead atoms. The van der Waals surface area contributed by atoms with E-state index in [9.17, 15) is 22.4 Å². The topological polar surface area (TPSA) is 83.6 Å². The van der Waals surface area contributed by atoms with E-state index in [0.29, 0.717) is 16.9 Å². The van der Waals surface area contributed by atoms with Crippen molar-refractivity contribution in [3.8, 4) is 0 Å². The average molecular weight is 390 g/mol. The van der Waals surface area contributed by atoms with Gasteiger partial charge in [-0.15, -0.1) is 0 Å². The lowest BCUT2D eigenvalue weighted by Gasteiger charge is -2.17. The van der Waals surface area contributed by atoms with Crippen molar-refractivity contribution in [2.45, 2.75) is 18.2 Å². The average Bonchev–Trinajstić information content (AvgIpc) is 2.99. The van der Waals surface area contributed by atoms with E-state index in [-0.39, 0.29) is 29.7 Å². The Kier molecular flexibility index (Phi) is 5.01. The zero-order valence-corrected chi connectivity index (χ0v) is 15.7. The van der Waals surface area contributed by atoms with E-state index in [4.69, 9.17) is 0 Å². The number of hydrogen-bond acceptors (Lipinski definition) is 4. The smallest absolute Gasteiger partial charge is 0.229 e. The highest BCUT2D eigenvalue weighted by molar-refractivity contribution is 7.90. The first-order valence-corrected chi connectivity index (χ1v) is 10.2. The highest BCUT2D eigenvalue weighted by atomic mass is 32.2. The van der Waals surface area contributed by atoms with Crippen LogP contribution in [0.25, 0.3) is 0 Å². The van der Waals surface area contributed by atoms with Crippen LogP contribution in [0.15, 0.2) is 47.4 Å². The third-order valence-electron chi connectivity index (χ3n) is 4.49. The number of anilines is 2. The summed E-state index contributed by atoms with van der Waals surface area (Å²) in [4.78, 5) is 26.3. The fourth-order valence-electron chi connectivity index (χ4n) is 2.93. The molecule has 2 aromatic carbocycles. The summed E-state index contributed by atoms with van der Waals surface area (Å²) in [6.45, 7) is 1.77. The lowest BCUT2D eigenvalue weighted by atomic mass is 10.1. The van der Waals surface area contributed by atoms with Gasteiger partial charge in [-0.05, 0) is 42.8 Å². The van der Waals surface area contributed by atoms with Crippen LogP contribution in [0.4, 0.5) is 15.8 Å². The number of nitrogens with one attached hydrogen (secondary N) is 1. The Balaban J connectivity index is 1.73. The standard InChI is InChI=1S/C19H19FN2O4S/c1-12-6-7-15(10-17(12)20)22-11-13(8-18(22)23)19(24)21-14-4-3-5-16(9-14)27(2,25)26/h3-7,9-10,13H,8,11H2,1-2H3,(H,21,24). The molecule has 2 aromatic rings. The monoisotopic (exact) mass is 390 g/mol. The van der Waals surface area contributed by atoms with Gasteiger partial charge in [0, 0.05) is 30.6 Å². The Morgan fingerprint density at radius 3 is 2.63 bits per heavy atom. The maximum Gasteiger partial charge on any atom is 0.229 e. The van der Waals surface area contributed by atoms with Crippen molar-refractivity contribution in [1.29, 1.82) is 0 Å². The van der Waals surface area contributed by atoms with E-state index in [1.807, 2.05) is 0 Å². The van der Waals surface area contributed by atoms with Gasteiger partial charge in [0.25, 0.3) is 0 Å². The molecule has 1 unspecified atom stereocenters. The molecule has 0 aromatic heterocycles. The van der Waals surface area contributed by atoms with E-state index < -0.39 is 21.6 Å². The number of hydrogen-bond donors (Lipinski definition) is 1. The SMILES string of the molecule is Cc1ccc(N2CC(C(=O)Nc3cccc(S(C)(=O)=O)c3)CC2=O)cc1F. The number of aryl methyl sites for hydroxylation is 1. The van der Waals surface area contributed by atoms with E-state index in [1.54, 1.807) is 25.1 Å². The Morgan fingerprint density at radius 1 is 1.22 bits per heavy atom. The largest absolute Gasteiger partial charge is 0.326 e. The number of benzene rings is 2. The minimum atomic E-state index is -3.39. The van der Waals surface area contributed by atoms with Crippen molar-refractivity contribution < 1.29 is 22.4 Å². The van der Waals surface area contributed by atoms with Crippen LogP contribution in [-0.4, -0.2) is 33.0 Å². The molecule has 6 nitrogen and oxygen atoms in total. The van der Waals surface area contributed by atoms with Gasteiger partial charge in [0.05, 0.1) is 10.8 Å². The van der Waals surface area contributed by atoms with Crippen LogP contribution < -0.4 is 10.2 Å². The molecule has 1 aliphatic heterocycles. The summed E-state index contributed by atoms with van der Waals surface area (Å²) in [5.41, 5.74) is 1.23. The van der Waals surface area contributed by atoms with Gasteiger partial charge in [0.15, 0.2) is 9.84 Å². The summed E-state index contributed by atoms with van der Waals surface area (Å²) in [6, 6.07) is 10.4. The lowest BCUT2D eigenvalue weighted by molar-refractivity contribution is -0.122. The molecule has 1 aliphatic rings. The first-order valence-electron chi connectivity index (χ1n) is 8.32. The van der Waals surface area contributed by atoms with Crippen LogP contribution in [0.2, 0.25) is 0 Å². The van der Waals surface area contributed by atoms with Crippen molar-refractivity contribution >= 4 is 33.0 Å². The molecule has 0 saturated carbocycles. The summed E-state index contributed by atoms with van der Waals surface area (Å²) in [7, 11) is -3.39. The minimum absolute atomic E-state index is 0.00704. The summed E-state index contributed by atoms with van der Waals surface area (Å²) in [5, 5.41) is 2.65. The van der Waals surface area contributed by atoms with Crippen molar-refractivity contribution in [3.63, 3.8) is 0 Å². The molecule has 142 valence electrons. The predicted octanol–water partition coefficient (Wildman–Crippen LogP) is 2.53. The lowest BCUT2D eigenvalue weighted by Crippen LogP contribution is -2.28. The van der Waals surface area contributed by atoms with Crippen molar-refractivity contribution in [2.24, 2.45) is 5.92 Å². The zero-order chi connectivity index (χ0) is 19.8. The zero-order valence-electron chi connectivity index (χ0n) is 14.9. The molecule has 1 heterocycles. The molecule has 0 spiro atoms. The first kappa shape index (κ1) is 19.0. The second-order valence-electron chi connectivity index (χ2n) is 6.63. The van der Waals surface area contributed by atoms with Crippen LogP contribution in [0.5, 0.6) is 0 Å². The van der Waals surface area contributed by atoms with Crippen molar-refractivity contribution in [1.82, 2.24) is 0 Å². The van der Waals surface area contributed by atoms with Crippen LogP contribution >= 0.6 is 0 Å². The molecule has 2 amide bonds. The van der Waals surface area contributed by atoms with E-state index in [2.05, 4.69) is 5.32 Å². The summed E-state index contributed by atoms with van der Waals surface area (Å²) < 4.78 is 37.0. The van der Waals surface area contributed by atoms with Gasteiger partial charge in [-0.3, -0.25) is 9.59 Å². The fourth-order valence-corrected chi connectivity index (χ4v) is 3.60. The molecular formula is C19H19FN2O4S. The van der Waals surface area contributed by atoms with Gasteiger partial charge < -0.3 is 10.2 Å². The number of rotatable bonds is 4. The highest BCUT2D eigenvalue weighted by Crippen LogP contribution is 2.27. The number of nitrogens with zero attached hydrogens (tertiary/aromatic N) is 1. The van der Waals surface area contributed by atoms with Gasteiger partial charge in [-0.25, -0.2) is 12.8 Å². The number of sulfone groups is 1. The Morgan fingerprint density at radius 2 is 1.96 bits per heavy atom. The van der Waals surface area contributed by atoms with Crippen molar-refractivity contribution in [3.05, 3.63) is 53.8 Å². The molecule has 1 fully saturated rings. The quantitative estimate of drug-likeness (QED) is 0.870. The van der Waals surface area contributed by atoms with Crippen LogP contribution in [0.3, 0.4) is 0 Å². The van der Waals surface area contributed by atoms with Gasteiger partial charge in [0.2, 0.25) is 11.8 Å². The fraction of sp³-hybridized carbons (Fsp3) is 0.263. The molecule has 3 rings (SSSR count). The van der Waals surface area contributed by atoms with Gasteiger partial charge in [-0.1, -0.05) is 12.1 Å². The third-order valence-corrected chi connectivity index (χ3v) is 5.60. The Hall–Kier alpha value is -2.74. The number of carbonyl (C=O) groups excluding carboxylic acids is 2.